The summed E-state index contributed by atoms with van der Waals surface area (Å²) in [5.41, 5.74) is 1.81. The maximum Gasteiger partial charge on any atom is 0.313 e. The van der Waals surface area contributed by atoms with Gasteiger partial charge in [0.2, 0.25) is 5.91 Å². The van der Waals surface area contributed by atoms with Crippen molar-refractivity contribution in [2.75, 3.05) is 11.5 Å². The molecule has 2 rings (SSSR count). The smallest absolute Gasteiger partial charge is 0.313 e. The molecule has 2 aromatic rings. The van der Waals surface area contributed by atoms with Crippen LogP contribution in [0.1, 0.15) is 24.3 Å². The van der Waals surface area contributed by atoms with Crippen molar-refractivity contribution < 1.29 is 19.1 Å². The lowest BCUT2D eigenvalue weighted by molar-refractivity contribution is -0.133. The molecule has 6 heteroatoms. The maximum absolute atomic E-state index is 11.8. The summed E-state index contributed by atoms with van der Waals surface area (Å²) in [6.45, 7) is 3.81. The zero-order chi connectivity index (χ0) is 15.4. The van der Waals surface area contributed by atoms with E-state index in [0.29, 0.717) is 0 Å². The molecular formula is C15H17NO4S. The van der Waals surface area contributed by atoms with Crippen LogP contribution >= 0.6 is 11.8 Å². The van der Waals surface area contributed by atoms with Gasteiger partial charge in [-0.15, -0.1) is 11.8 Å². The maximum atomic E-state index is 11.8. The Morgan fingerprint density at radius 1 is 1.33 bits per heavy atom. The number of fused-ring (bicyclic) bond motifs is 1. The van der Waals surface area contributed by atoms with Crippen LogP contribution in [-0.2, 0) is 9.59 Å². The van der Waals surface area contributed by atoms with Crippen molar-refractivity contribution in [3.8, 4) is 0 Å². The van der Waals surface area contributed by atoms with E-state index >= 15 is 0 Å². The first-order chi connectivity index (χ1) is 9.99. The molecule has 1 amide bonds. The Kier molecular flexibility index (Phi) is 4.90. The number of hydrogen-bond donors (Lipinski definition) is 2. The van der Waals surface area contributed by atoms with Crippen molar-refractivity contribution in [3.05, 3.63) is 35.6 Å². The molecule has 0 spiro atoms. The van der Waals surface area contributed by atoms with E-state index in [1.165, 1.54) is 0 Å². The van der Waals surface area contributed by atoms with Gasteiger partial charge in [0.1, 0.15) is 11.3 Å². The summed E-state index contributed by atoms with van der Waals surface area (Å²) >= 11 is 1.07. The fraction of sp³-hybridized carbons (Fsp3) is 0.333. The second kappa shape index (κ2) is 6.67. The Hall–Kier alpha value is -1.95. The standard InChI is InChI=1S/C15H17NO4S/c1-9-11-5-3-4-6-12(11)20-15(9)10(2)16-13(17)7-21-8-14(18)19/h3-6,10H,7-8H2,1-2H3,(H,16,17)(H,18,19)/t10-/m0/s1. The van der Waals surface area contributed by atoms with Gasteiger partial charge in [-0.25, -0.2) is 0 Å². The van der Waals surface area contributed by atoms with Gasteiger partial charge >= 0.3 is 5.97 Å². The highest BCUT2D eigenvalue weighted by Crippen LogP contribution is 2.29. The quantitative estimate of drug-likeness (QED) is 0.858. The minimum Gasteiger partial charge on any atom is -0.481 e. The molecule has 0 radical (unpaired) electrons. The van der Waals surface area contributed by atoms with Gasteiger partial charge in [-0.3, -0.25) is 9.59 Å². The molecule has 1 aromatic heterocycles. The number of nitrogens with one attached hydrogen (secondary N) is 1. The molecule has 1 atom stereocenters. The third kappa shape index (κ3) is 3.78. The molecule has 0 unspecified atom stereocenters. The number of para-hydroxylation sites is 1. The number of aryl methyl sites for hydroxylation is 1. The van der Waals surface area contributed by atoms with Crippen LogP contribution in [0.2, 0.25) is 0 Å². The van der Waals surface area contributed by atoms with Gasteiger partial charge < -0.3 is 14.8 Å². The number of benzene rings is 1. The summed E-state index contributed by atoms with van der Waals surface area (Å²) in [4.78, 5) is 22.2. The molecule has 0 saturated carbocycles. The topological polar surface area (TPSA) is 79.5 Å². The van der Waals surface area contributed by atoms with Crippen LogP contribution in [0.3, 0.4) is 0 Å². The number of hydrogen-bond acceptors (Lipinski definition) is 4. The summed E-state index contributed by atoms with van der Waals surface area (Å²) in [7, 11) is 0. The first-order valence-corrected chi connectivity index (χ1v) is 7.71. The van der Waals surface area contributed by atoms with Crippen LogP contribution in [0.25, 0.3) is 11.0 Å². The van der Waals surface area contributed by atoms with Gasteiger partial charge in [-0.1, -0.05) is 18.2 Å². The average Bonchev–Trinajstić information content (AvgIpc) is 2.76. The predicted octanol–water partition coefficient (Wildman–Crippen LogP) is 2.74. The molecule has 0 aliphatic carbocycles. The summed E-state index contributed by atoms with van der Waals surface area (Å²) < 4.78 is 5.79. The Morgan fingerprint density at radius 2 is 2.05 bits per heavy atom. The zero-order valence-electron chi connectivity index (χ0n) is 11.9. The van der Waals surface area contributed by atoms with E-state index in [0.717, 1.165) is 34.1 Å². The highest BCUT2D eigenvalue weighted by atomic mass is 32.2. The molecule has 0 fully saturated rings. The lowest BCUT2D eigenvalue weighted by Gasteiger charge is -2.12. The number of thioether (sulfide) groups is 1. The van der Waals surface area contributed by atoms with Crippen molar-refractivity contribution in [3.63, 3.8) is 0 Å². The van der Waals surface area contributed by atoms with Crippen molar-refractivity contribution in [2.24, 2.45) is 0 Å². The van der Waals surface area contributed by atoms with Crippen LogP contribution in [0.15, 0.2) is 28.7 Å². The van der Waals surface area contributed by atoms with Gasteiger partial charge in [0.05, 0.1) is 17.5 Å². The molecule has 1 aromatic carbocycles. The normalized spacial score (nSPS) is 12.3. The largest absolute Gasteiger partial charge is 0.481 e. The van der Waals surface area contributed by atoms with Gasteiger partial charge in [-0.05, 0) is 19.9 Å². The van der Waals surface area contributed by atoms with Crippen molar-refractivity contribution >= 4 is 34.6 Å². The molecule has 0 aliphatic rings. The van der Waals surface area contributed by atoms with E-state index < -0.39 is 5.97 Å². The Balaban J connectivity index is 2.01. The van der Waals surface area contributed by atoms with Crippen LogP contribution < -0.4 is 5.32 Å². The molecule has 112 valence electrons. The predicted molar refractivity (Wildman–Crippen MR) is 82.5 cm³/mol. The third-order valence-electron chi connectivity index (χ3n) is 3.11. The monoisotopic (exact) mass is 307 g/mol. The number of carbonyl (C=O) groups excluding carboxylic acids is 1. The third-order valence-corrected chi connectivity index (χ3v) is 4.03. The number of rotatable bonds is 6. The highest BCUT2D eigenvalue weighted by Gasteiger charge is 2.18. The molecule has 21 heavy (non-hydrogen) atoms. The van der Waals surface area contributed by atoms with Crippen molar-refractivity contribution in [1.29, 1.82) is 0 Å². The first-order valence-electron chi connectivity index (χ1n) is 6.56. The average molecular weight is 307 g/mol. The Morgan fingerprint density at radius 3 is 2.71 bits per heavy atom. The van der Waals surface area contributed by atoms with E-state index in [4.69, 9.17) is 9.52 Å². The number of carbonyl (C=O) groups is 2. The van der Waals surface area contributed by atoms with E-state index in [1.807, 2.05) is 38.1 Å². The molecule has 2 N–H and O–H groups in total. The molecule has 0 aliphatic heterocycles. The first kappa shape index (κ1) is 15.4. The second-order valence-corrected chi connectivity index (χ2v) is 5.75. The fourth-order valence-corrected chi connectivity index (χ4v) is 2.73. The minimum atomic E-state index is -0.922. The SMILES string of the molecule is Cc1c([C@H](C)NC(=O)CSCC(=O)O)oc2ccccc12. The Labute approximate surface area is 126 Å². The van der Waals surface area contributed by atoms with E-state index in [9.17, 15) is 9.59 Å². The van der Waals surface area contributed by atoms with Crippen LogP contribution in [0.4, 0.5) is 0 Å². The molecule has 0 bridgehead atoms. The zero-order valence-corrected chi connectivity index (χ0v) is 12.7. The molecule has 1 heterocycles. The van der Waals surface area contributed by atoms with E-state index in [1.54, 1.807) is 0 Å². The van der Waals surface area contributed by atoms with E-state index in [-0.39, 0.29) is 23.5 Å². The van der Waals surface area contributed by atoms with Crippen molar-refractivity contribution in [2.45, 2.75) is 19.9 Å². The summed E-state index contributed by atoms with van der Waals surface area (Å²) in [5, 5.41) is 12.4. The van der Waals surface area contributed by atoms with Crippen LogP contribution in [0, 0.1) is 6.92 Å². The van der Waals surface area contributed by atoms with Crippen LogP contribution in [0.5, 0.6) is 0 Å². The minimum absolute atomic E-state index is 0.0779. The van der Waals surface area contributed by atoms with Gasteiger partial charge in [-0.2, -0.15) is 0 Å². The van der Waals surface area contributed by atoms with E-state index in [2.05, 4.69) is 5.32 Å². The number of carboxylic acid groups (broad SMARTS) is 1. The van der Waals surface area contributed by atoms with Gasteiger partial charge in [0.25, 0.3) is 0 Å². The summed E-state index contributed by atoms with van der Waals surface area (Å²) in [6.07, 6.45) is 0. The molecule has 5 nitrogen and oxygen atoms in total. The van der Waals surface area contributed by atoms with Crippen LogP contribution in [-0.4, -0.2) is 28.5 Å². The second-order valence-electron chi connectivity index (χ2n) is 4.76. The Bertz CT molecular complexity index is 665. The number of aliphatic carboxylic acids is 1. The number of furan rings is 1. The fourth-order valence-electron chi connectivity index (χ4n) is 2.19. The molecule has 0 saturated heterocycles. The van der Waals surface area contributed by atoms with Gasteiger partial charge in [0, 0.05) is 10.9 Å². The van der Waals surface area contributed by atoms with Crippen molar-refractivity contribution in [1.82, 2.24) is 5.32 Å². The lowest BCUT2D eigenvalue weighted by atomic mass is 10.1. The summed E-state index contributed by atoms with van der Waals surface area (Å²) in [5.74, 6) is -0.350. The summed E-state index contributed by atoms with van der Waals surface area (Å²) in [6, 6.07) is 7.47. The highest BCUT2D eigenvalue weighted by molar-refractivity contribution is 8.00. The number of amides is 1. The molecular weight excluding hydrogens is 290 g/mol. The number of carboxylic acids is 1. The lowest BCUT2D eigenvalue weighted by Crippen LogP contribution is -2.28. The van der Waals surface area contributed by atoms with Gasteiger partial charge in [0.15, 0.2) is 0 Å².